The van der Waals surface area contributed by atoms with Crippen LogP contribution in [0.25, 0.3) is 0 Å². The largest absolute Gasteiger partial charge is 0.358 e. The van der Waals surface area contributed by atoms with Crippen molar-refractivity contribution in [2.24, 2.45) is 5.73 Å². The molecule has 1 heterocycles. The van der Waals surface area contributed by atoms with Crippen molar-refractivity contribution in [2.45, 2.75) is 13.0 Å². The highest BCUT2D eigenvalue weighted by Crippen LogP contribution is 2.20. The molecule has 0 unspecified atom stereocenters. The lowest BCUT2D eigenvalue weighted by Gasteiger charge is -2.23. The molecule has 4 heteroatoms. The van der Waals surface area contributed by atoms with Gasteiger partial charge in [-0.2, -0.15) is 0 Å². The Morgan fingerprint density at radius 2 is 2.00 bits per heavy atom. The Bertz CT molecular complexity index is 323. The van der Waals surface area contributed by atoms with Crippen LogP contribution in [-0.4, -0.2) is 44.1 Å². The van der Waals surface area contributed by atoms with Crippen molar-refractivity contribution in [3.8, 4) is 0 Å². The van der Waals surface area contributed by atoms with Crippen molar-refractivity contribution in [1.29, 1.82) is 0 Å². The standard InChI is InChI=1S/C12H22N4/c1-10(13)11-6-5-7-14-12(11)16(4)9-8-15(2)3/h5-7,10H,8-9,13H2,1-4H3/t10-/m1/s1. The van der Waals surface area contributed by atoms with E-state index in [4.69, 9.17) is 5.73 Å². The number of pyridine rings is 1. The molecule has 0 saturated heterocycles. The highest BCUT2D eigenvalue weighted by atomic mass is 15.2. The molecule has 90 valence electrons. The lowest BCUT2D eigenvalue weighted by molar-refractivity contribution is 0.416. The topological polar surface area (TPSA) is 45.4 Å². The first kappa shape index (κ1) is 12.9. The van der Waals surface area contributed by atoms with Gasteiger partial charge in [-0.25, -0.2) is 4.98 Å². The summed E-state index contributed by atoms with van der Waals surface area (Å²) in [5.74, 6) is 0.986. The summed E-state index contributed by atoms with van der Waals surface area (Å²) in [6.07, 6.45) is 1.81. The summed E-state index contributed by atoms with van der Waals surface area (Å²) >= 11 is 0. The summed E-state index contributed by atoms with van der Waals surface area (Å²) in [5, 5.41) is 0. The minimum Gasteiger partial charge on any atom is -0.358 e. The molecule has 1 atom stereocenters. The zero-order chi connectivity index (χ0) is 12.1. The highest BCUT2D eigenvalue weighted by Gasteiger charge is 2.11. The number of rotatable bonds is 5. The van der Waals surface area contributed by atoms with Crippen LogP contribution in [0, 0.1) is 0 Å². The molecule has 0 spiro atoms. The van der Waals surface area contributed by atoms with Crippen LogP contribution in [0.3, 0.4) is 0 Å². The van der Waals surface area contributed by atoms with Crippen molar-refractivity contribution in [3.63, 3.8) is 0 Å². The average Bonchev–Trinajstić information content (AvgIpc) is 2.25. The third kappa shape index (κ3) is 3.47. The van der Waals surface area contributed by atoms with Crippen LogP contribution in [-0.2, 0) is 0 Å². The van der Waals surface area contributed by atoms with Crippen molar-refractivity contribution in [3.05, 3.63) is 23.9 Å². The zero-order valence-electron chi connectivity index (χ0n) is 10.6. The van der Waals surface area contributed by atoms with E-state index in [1.165, 1.54) is 0 Å². The van der Waals surface area contributed by atoms with Gasteiger partial charge in [-0.05, 0) is 27.1 Å². The molecule has 0 aliphatic carbocycles. The van der Waals surface area contributed by atoms with Gasteiger partial charge in [-0.1, -0.05) is 6.07 Å². The fourth-order valence-electron chi connectivity index (χ4n) is 1.54. The molecule has 0 bridgehead atoms. The number of likely N-dealkylation sites (N-methyl/N-ethyl adjacent to an activating group) is 2. The van der Waals surface area contributed by atoms with E-state index in [9.17, 15) is 0 Å². The molecule has 1 aromatic rings. The van der Waals surface area contributed by atoms with Crippen LogP contribution in [0.2, 0.25) is 0 Å². The van der Waals surface area contributed by atoms with Crippen molar-refractivity contribution >= 4 is 5.82 Å². The Morgan fingerprint density at radius 1 is 1.31 bits per heavy atom. The van der Waals surface area contributed by atoms with Crippen LogP contribution < -0.4 is 10.6 Å². The molecule has 1 aromatic heterocycles. The van der Waals surface area contributed by atoms with E-state index < -0.39 is 0 Å². The lowest BCUT2D eigenvalue weighted by atomic mass is 10.1. The summed E-state index contributed by atoms with van der Waals surface area (Å²) < 4.78 is 0. The first-order chi connectivity index (χ1) is 7.52. The predicted octanol–water partition coefficient (Wildman–Crippen LogP) is 1.10. The van der Waals surface area contributed by atoms with Gasteiger partial charge < -0.3 is 15.5 Å². The molecule has 0 radical (unpaired) electrons. The van der Waals surface area contributed by atoms with Crippen LogP contribution in [0.4, 0.5) is 5.82 Å². The maximum absolute atomic E-state index is 5.93. The summed E-state index contributed by atoms with van der Waals surface area (Å²) in [5.41, 5.74) is 7.03. The van der Waals surface area contributed by atoms with Gasteiger partial charge in [-0.3, -0.25) is 0 Å². The van der Waals surface area contributed by atoms with E-state index in [-0.39, 0.29) is 6.04 Å². The predicted molar refractivity (Wildman–Crippen MR) is 68.7 cm³/mol. The Hall–Kier alpha value is -1.13. The quantitative estimate of drug-likeness (QED) is 0.810. The average molecular weight is 222 g/mol. The number of anilines is 1. The molecule has 16 heavy (non-hydrogen) atoms. The van der Waals surface area contributed by atoms with Gasteiger partial charge in [0.05, 0.1) is 0 Å². The molecule has 0 saturated carbocycles. The Labute approximate surface area is 98.1 Å². The summed E-state index contributed by atoms with van der Waals surface area (Å²) in [7, 11) is 6.19. The number of nitrogens with zero attached hydrogens (tertiary/aromatic N) is 3. The fourth-order valence-corrected chi connectivity index (χ4v) is 1.54. The second-order valence-electron chi connectivity index (χ2n) is 4.43. The molecule has 4 nitrogen and oxygen atoms in total. The van der Waals surface area contributed by atoms with Gasteiger partial charge in [0.25, 0.3) is 0 Å². The molecule has 0 fully saturated rings. The first-order valence-corrected chi connectivity index (χ1v) is 5.58. The monoisotopic (exact) mass is 222 g/mol. The van der Waals surface area contributed by atoms with E-state index in [1.807, 2.05) is 25.3 Å². The fraction of sp³-hybridized carbons (Fsp3) is 0.583. The number of hydrogen-bond donors (Lipinski definition) is 1. The van der Waals surface area contributed by atoms with Crippen LogP contribution >= 0.6 is 0 Å². The number of hydrogen-bond acceptors (Lipinski definition) is 4. The SMILES string of the molecule is C[C@@H](N)c1cccnc1N(C)CCN(C)C. The summed E-state index contributed by atoms with van der Waals surface area (Å²) in [4.78, 5) is 8.71. The maximum atomic E-state index is 5.93. The number of nitrogens with two attached hydrogens (primary N) is 1. The summed E-state index contributed by atoms with van der Waals surface area (Å²) in [6.45, 7) is 3.94. The molecule has 2 N–H and O–H groups in total. The first-order valence-electron chi connectivity index (χ1n) is 5.58. The van der Waals surface area contributed by atoms with Gasteiger partial charge in [0.15, 0.2) is 0 Å². The van der Waals surface area contributed by atoms with Crippen molar-refractivity contribution < 1.29 is 0 Å². The van der Waals surface area contributed by atoms with Gasteiger partial charge in [0.2, 0.25) is 0 Å². The van der Waals surface area contributed by atoms with Gasteiger partial charge in [-0.15, -0.1) is 0 Å². The van der Waals surface area contributed by atoms with E-state index >= 15 is 0 Å². The van der Waals surface area contributed by atoms with Crippen molar-refractivity contribution in [2.75, 3.05) is 39.1 Å². The molecule has 0 aromatic carbocycles. The summed E-state index contributed by atoms with van der Waals surface area (Å²) in [6, 6.07) is 3.99. The van der Waals surface area contributed by atoms with E-state index in [0.29, 0.717) is 0 Å². The molecule has 0 aliphatic heterocycles. The molecule has 0 aliphatic rings. The Balaban J connectivity index is 2.77. The smallest absolute Gasteiger partial charge is 0.133 e. The van der Waals surface area contributed by atoms with Crippen molar-refractivity contribution in [1.82, 2.24) is 9.88 Å². The van der Waals surface area contributed by atoms with Gasteiger partial charge in [0, 0.05) is 37.9 Å². The Morgan fingerprint density at radius 3 is 2.56 bits per heavy atom. The maximum Gasteiger partial charge on any atom is 0.133 e. The number of aromatic nitrogens is 1. The Kier molecular flexibility index (Phi) is 4.71. The second kappa shape index (κ2) is 5.82. The minimum absolute atomic E-state index is 0.0190. The third-order valence-electron chi connectivity index (χ3n) is 2.55. The molecular formula is C12H22N4. The molecule has 1 rings (SSSR count). The van der Waals surface area contributed by atoms with Gasteiger partial charge >= 0.3 is 0 Å². The van der Waals surface area contributed by atoms with E-state index in [2.05, 4.69) is 35.9 Å². The van der Waals surface area contributed by atoms with E-state index in [1.54, 1.807) is 0 Å². The van der Waals surface area contributed by atoms with Gasteiger partial charge in [0.1, 0.15) is 5.82 Å². The van der Waals surface area contributed by atoms with Crippen LogP contribution in [0.1, 0.15) is 18.5 Å². The zero-order valence-corrected chi connectivity index (χ0v) is 10.6. The molecular weight excluding hydrogens is 200 g/mol. The minimum atomic E-state index is 0.0190. The van der Waals surface area contributed by atoms with E-state index in [0.717, 1.165) is 24.5 Å². The molecule has 0 amide bonds. The van der Waals surface area contributed by atoms with Crippen LogP contribution in [0.5, 0.6) is 0 Å². The lowest BCUT2D eigenvalue weighted by Crippen LogP contribution is -2.30. The normalized spacial score (nSPS) is 12.9. The van der Waals surface area contributed by atoms with Crippen LogP contribution in [0.15, 0.2) is 18.3 Å². The second-order valence-corrected chi connectivity index (χ2v) is 4.43. The highest BCUT2D eigenvalue weighted by molar-refractivity contribution is 5.47. The third-order valence-corrected chi connectivity index (χ3v) is 2.55.